The van der Waals surface area contributed by atoms with E-state index in [2.05, 4.69) is 27.4 Å². The summed E-state index contributed by atoms with van der Waals surface area (Å²) >= 11 is 4.58. The Hall–Kier alpha value is -1.10. The van der Waals surface area contributed by atoms with Crippen LogP contribution in [0.1, 0.15) is 10.5 Å². The Labute approximate surface area is 55.9 Å². The summed E-state index contributed by atoms with van der Waals surface area (Å²) < 4.78 is 0.222. The van der Waals surface area contributed by atoms with Gasteiger partial charge in [-0.05, 0) is 12.2 Å². The van der Waals surface area contributed by atoms with E-state index < -0.39 is 0 Å². The Balaban J connectivity index is 3.23. The number of aromatic amines is 1. The zero-order valence-corrected chi connectivity index (χ0v) is 5.18. The molecule has 0 fully saturated rings. The lowest BCUT2D eigenvalue weighted by Gasteiger charge is -1.83. The van der Waals surface area contributed by atoms with Gasteiger partial charge in [0.15, 0.2) is 6.29 Å². The summed E-state index contributed by atoms with van der Waals surface area (Å²) in [6.45, 7) is 0. The highest BCUT2D eigenvalue weighted by molar-refractivity contribution is 7.71. The molecule has 0 atom stereocenters. The van der Waals surface area contributed by atoms with Gasteiger partial charge in [0.1, 0.15) is 5.69 Å². The molecule has 0 aliphatic rings. The van der Waals surface area contributed by atoms with Gasteiger partial charge in [-0.1, -0.05) is 0 Å². The molecule has 4 nitrogen and oxygen atoms in total. The SMILES string of the molecule is O=Cc1cn[nH]c(=S)n1. The van der Waals surface area contributed by atoms with Gasteiger partial charge in [-0.2, -0.15) is 5.10 Å². The lowest BCUT2D eigenvalue weighted by Crippen LogP contribution is -1.91. The summed E-state index contributed by atoms with van der Waals surface area (Å²) in [6.07, 6.45) is 1.90. The number of carbonyl (C=O) groups excluding carboxylic acids is 1. The Morgan fingerprint density at radius 3 is 3.00 bits per heavy atom. The third-order valence-corrected chi connectivity index (χ3v) is 0.891. The lowest BCUT2D eigenvalue weighted by molar-refractivity contribution is 0.111. The Bertz CT molecular complexity index is 269. The van der Waals surface area contributed by atoms with E-state index in [0.717, 1.165) is 0 Å². The standard InChI is InChI=1S/C4H3N3OS/c8-2-3-1-5-7-4(9)6-3/h1-2H,(H,6,7,9). The molecule has 0 saturated heterocycles. The molecular formula is C4H3N3OS. The van der Waals surface area contributed by atoms with Crippen molar-refractivity contribution >= 4 is 18.5 Å². The molecule has 0 amide bonds. The first-order chi connectivity index (χ1) is 4.33. The second-order valence-electron chi connectivity index (χ2n) is 1.33. The smallest absolute Gasteiger partial charge is 0.214 e. The summed E-state index contributed by atoms with van der Waals surface area (Å²) in [5, 5.41) is 5.93. The van der Waals surface area contributed by atoms with Crippen LogP contribution >= 0.6 is 12.2 Å². The minimum atomic E-state index is 0.222. The molecule has 0 aliphatic heterocycles. The van der Waals surface area contributed by atoms with Crippen LogP contribution in [0.4, 0.5) is 0 Å². The molecule has 0 spiro atoms. The van der Waals surface area contributed by atoms with Gasteiger partial charge in [0, 0.05) is 0 Å². The topological polar surface area (TPSA) is 58.6 Å². The molecule has 9 heavy (non-hydrogen) atoms. The predicted molar refractivity (Wildman–Crippen MR) is 32.6 cm³/mol. The fourth-order valence-electron chi connectivity index (χ4n) is 0.382. The van der Waals surface area contributed by atoms with Crippen molar-refractivity contribution in [2.24, 2.45) is 0 Å². The Morgan fingerprint density at radius 1 is 1.78 bits per heavy atom. The molecule has 5 heteroatoms. The van der Waals surface area contributed by atoms with Gasteiger partial charge >= 0.3 is 0 Å². The number of nitrogens with zero attached hydrogens (tertiary/aromatic N) is 2. The van der Waals surface area contributed by atoms with Crippen LogP contribution in [0, 0.1) is 4.77 Å². The molecule has 1 aromatic rings. The molecule has 0 radical (unpaired) electrons. The van der Waals surface area contributed by atoms with Gasteiger partial charge in [0.25, 0.3) is 0 Å². The van der Waals surface area contributed by atoms with Crippen LogP contribution < -0.4 is 0 Å². The third kappa shape index (κ3) is 1.39. The summed E-state index contributed by atoms with van der Waals surface area (Å²) in [5.41, 5.74) is 0.249. The predicted octanol–water partition coefficient (Wildman–Crippen LogP) is 0.347. The van der Waals surface area contributed by atoms with E-state index in [1.54, 1.807) is 0 Å². The molecule has 1 N–H and O–H groups in total. The van der Waals surface area contributed by atoms with E-state index in [4.69, 9.17) is 0 Å². The number of H-pyrrole nitrogens is 1. The Morgan fingerprint density at radius 2 is 2.56 bits per heavy atom. The van der Waals surface area contributed by atoms with Crippen molar-refractivity contribution in [3.8, 4) is 0 Å². The highest BCUT2D eigenvalue weighted by atomic mass is 32.1. The average molecular weight is 141 g/mol. The van der Waals surface area contributed by atoms with Gasteiger partial charge in [-0.3, -0.25) is 9.89 Å². The molecule has 1 rings (SSSR count). The largest absolute Gasteiger partial charge is 0.296 e. The Kier molecular flexibility index (Phi) is 1.64. The molecule has 0 saturated carbocycles. The second-order valence-corrected chi connectivity index (χ2v) is 1.72. The highest BCUT2D eigenvalue weighted by Crippen LogP contribution is 1.81. The maximum absolute atomic E-state index is 10.00. The van der Waals surface area contributed by atoms with Gasteiger partial charge in [0.05, 0.1) is 6.20 Å². The van der Waals surface area contributed by atoms with Crippen LogP contribution in [-0.4, -0.2) is 21.5 Å². The van der Waals surface area contributed by atoms with Crippen LogP contribution in [0.5, 0.6) is 0 Å². The van der Waals surface area contributed by atoms with Crippen LogP contribution in [0.25, 0.3) is 0 Å². The minimum absolute atomic E-state index is 0.222. The number of hydrogen-bond acceptors (Lipinski definition) is 4. The molecule has 1 heterocycles. The molecule has 0 aromatic carbocycles. The number of nitrogens with one attached hydrogen (secondary N) is 1. The molecule has 0 aliphatic carbocycles. The fourth-order valence-corrected chi connectivity index (χ4v) is 0.540. The number of aldehydes is 1. The molecule has 46 valence electrons. The zero-order valence-electron chi connectivity index (χ0n) is 4.37. The first-order valence-corrected chi connectivity index (χ1v) is 2.60. The van der Waals surface area contributed by atoms with Crippen LogP contribution in [0.15, 0.2) is 6.20 Å². The zero-order chi connectivity index (χ0) is 6.69. The van der Waals surface area contributed by atoms with Gasteiger partial charge in [0.2, 0.25) is 4.77 Å². The van der Waals surface area contributed by atoms with E-state index in [-0.39, 0.29) is 10.5 Å². The second kappa shape index (κ2) is 2.45. The molecule has 0 bridgehead atoms. The summed E-state index contributed by atoms with van der Waals surface area (Å²) in [4.78, 5) is 13.6. The molecule has 0 unspecified atom stereocenters. The van der Waals surface area contributed by atoms with E-state index in [0.29, 0.717) is 6.29 Å². The van der Waals surface area contributed by atoms with Crippen molar-refractivity contribution in [3.05, 3.63) is 16.7 Å². The molecular weight excluding hydrogens is 138 g/mol. The van der Waals surface area contributed by atoms with E-state index in [1.807, 2.05) is 0 Å². The number of aromatic nitrogens is 3. The van der Waals surface area contributed by atoms with Crippen LogP contribution in [0.3, 0.4) is 0 Å². The monoisotopic (exact) mass is 141 g/mol. The summed E-state index contributed by atoms with van der Waals surface area (Å²) in [6, 6.07) is 0. The van der Waals surface area contributed by atoms with Crippen molar-refractivity contribution in [1.29, 1.82) is 0 Å². The maximum Gasteiger partial charge on any atom is 0.214 e. The van der Waals surface area contributed by atoms with Crippen molar-refractivity contribution in [2.75, 3.05) is 0 Å². The minimum Gasteiger partial charge on any atom is -0.296 e. The van der Waals surface area contributed by atoms with Crippen molar-refractivity contribution in [2.45, 2.75) is 0 Å². The fraction of sp³-hybridized carbons (Fsp3) is 0. The van der Waals surface area contributed by atoms with E-state index in [9.17, 15) is 4.79 Å². The van der Waals surface area contributed by atoms with Crippen molar-refractivity contribution in [1.82, 2.24) is 15.2 Å². The summed E-state index contributed by atoms with van der Waals surface area (Å²) in [5.74, 6) is 0. The number of hydrogen-bond donors (Lipinski definition) is 1. The highest BCUT2D eigenvalue weighted by Gasteiger charge is 1.86. The first-order valence-electron chi connectivity index (χ1n) is 2.20. The third-order valence-electron chi connectivity index (χ3n) is 0.708. The number of rotatable bonds is 1. The van der Waals surface area contributed by atoms with Gasteiger partial charge < -0.3 is 0 Å². The van der Waals surface area contributed by atoms with Gasteiger partial charge in [-0.15, -0.1) is 0 Å². The first kappa shape index (κ1) is 6.03. The van der Waals surface area contributed by atoms with E-state index >= 15 is 0 Å². The average Bonchev–Trinajstić information content (AvgIpc) is 1.88. The van der Waals surface area contributed by atoms with Crippen LogP contribution in [-0.2, 0) is 0 Å². The normalized spacial score (nSPS) is 8.89. The van der Waals surface area contributed by atoms with Crippen molar-refractivity contribution < 1.29 is 4.79 Å². The van der Waals surface area contributed by atoms with E-state index in [1.165, 1.54) is 6.20 Å². The number of carbonyl (C=O) groups is 1. The lowest BCUT2D eigenvalue weighted by atomic mass is 10.5. The van der Waals surface area contributed by atoms with Crippen LogP contribution in [0.2, 0.25) is 0 Å². The summed E-state index contributed by atoms with van der Waals surface area (Å²) in [7, 11) is 0. The van der Waals surface area contributed by atoms with Gasteiger partial charge in [-0.25, -0.2) is 4.98 Å². The molecule has 1 aromatic heterocycles. The quantitative estimate of drug-likeness (QED) is 0.452. The van der Waals surface area contributed by atoms with Crippen molar-refractivity contribution in [3.63, 3.8) is 0 Å². The maximum atomic E-state index is 10.00.